The molecule has 6 heteroatoms. The van der Waals surface area contributed by atoms with E-state index in [-0.39, 0.29) is 30.7 Å². The summed E-state index contributed by atoms with van der Waals surface area (Å²) in [7, 11) is 0. The Bertz CT molecular complexity index is 521. The number of aliphatic carboxylic acids is 1. The maximum atomic E-state index is 12.0. The van der Waals surface area contributed by atoms with E-state index in [4.69, 9.17) is 5.11 Å². The van der Waals surface area contributed by atoms with Crippen molar-refractivity contribution in [3.8, 4) is 0 Å². The van der Waals surface area contributed by atoms with Gasteiger partial charge in [-0.15, -0.1) is 0 Å². The summed E-state index contributed by atoms with van der Waals surface area (Å²) in [4.78, 5) is 33.8. The van der Waals surface area contributed by atoms with E-state index in [1.807, 2.05) is 13.8 Å². The Morgan fingerprint density at radius 2 is 1.68 bits per heavy atom. The van der Waals surface area contributed by atoms with Gasteiger partial charge >= 0.3 is 5.97 Å². The summed E-state index contributed by atoms with van der Waals surface area (Å²) in [6.45, 7) is 3.57. The smallest absolute Gasteiger partial charge is 0.322 e. The summed E-state index contributed by atoms with van der Waals surface area (Å²) in [5.41, 5.74) is 1.44. The Morgan fingerprint density at radius 1 is 1.09 bits per heavy atom. The molecule has 2 amide bonds. The number of rotatable bonds is 8. The number of carbonyl (C=O) groups excluding carboxylic acids is 2. The first kappa shape index (κ1) is 17.7. The van der Waals surface area contributed by atoms with E-state index in [1.165, 1.54) is 0 Å². The molecular formula is C16H22N2O4. The van der Waals surface area contributed by atoms with Crippen molar-refractivity contribution >= 4 is 23.5 Å². The zero-order chi connectivity index (χ0) is 16.5. The number of carbonyl (C=O) groups is 3. The number of carboxylic acid groups (broad SMARTS) is 1. The van der Waals surface area contributed by atoms with Crippen LogP contribution in [0.5, 0.6) is 0 Å². The van der Waals surface area contributed by atoms with Gasteiger partial charge in [-0.2, -0.15) is 0 Å². The van der Waals surface area contributed by atoms with E-state index in [0.717, 1.165) is 18.4 Å². The summed E-state index contributed by atoms with van der Waals surface area (Å²) >= 11 is 0. The van der Waals surface area contributed by atoms with Gasteiger partial charge in [-0.05, 0) is 30.5 Å². The predicted molar refractivity (Wildman–Crippen MR) is 83.5 cm³/mol. The number of carboxylic acids is 1. The van der Waals surface area contributed by atoms with Gasteiger partial charge in [0.15, 0.2) is 0 Å². The first-order valence-electron chi connectivity index (χ1n) is 7.34. The summed E-state index contributed by atoms with van der Waals surface area (Å²) < 4.78 is 0. The van der Waals surface area contributed by atoms with Crippen LogP contribution < -0.4 is 10.6 Å². The van der Waals surface area contributed by atoms with Crippen LogP contribution in [0, 0.1) is 5.92 Å². The molecule has 0 saturated carbocycles. The summed E-state index contributed by atoms with van der Waals surface area (Å²) in [5.74, 6) is -1.43. The Hall–Kier alpha value is -2.37. The Balaban J connectivity index is 2.54. The van der Waals surface area contributed by atoms with Crippen molar-refractivity contribution in [3.05, 3.63) is 29.8 Å². The van der Waals surface area contributed by atoms with Gasteiger partial charge in [-0.3, -0.25) is 14.4 Å². The van der Waals surface area contributed by atoms with Crippen molar-refractivity contribution in [3.63, 3.8) is 0 Å². The average Bonchev–Trinajstić information content (AvgIpc) is 2.48. The molecule has 0 bridgehead atoms. The fourth-order valence-corrected chi connectivity index (χ4v) is 2.03. The Labute approximate surface area is 129 Å². The van der Waals surface area contributed by atoms with Crippen LogP contribution in [-0.4, -0.2) is 29.4 Å². The van der Waals surface area contributed by atoms with Crippen molar-refractivity contribution < 1.29 is 19.5 Å². The lowest BCUT2D eigenvalue weighted by Gasteiger charge is -2.13. The topological polar surface area (TPSA) is 95.5 Å². The fourth-order valence-electron chi connectivity index (χ4n) is 2.03. The van der Waals surface area contributed by atoms with Gasteiger partial charge < -0.3 is 15.7 Å². The number of amides is 2. The maximum Gasteiger partial charge on any atom is 0.322 e. The van der Waals surface area contributed by atoms with Gasteiger partial charge in [0.2, 0.25) is 11.8 Å². The molecule has 0 aliphatic heterocycles. The third kappa shape index (κ3) is 5.95. The second-order valence-corrected chi connectivity index (χ2v) is 5.05. The molecule has 3 N–H and O–H groups in total. The molecule has 0 aliphatic rings. The molecule has 0 radical (unpaired) electrons. The number of anilines is 1. The van der Waals surface area contributed by atoms with E-state index in [1.54, 1.807) is 24.3 Å². The second-order valence-electron chi connectivity index (χ2n) is 5.05. The molecule has 0 aromatic heterocycles. The van der Waals surface area contributed by atoms with Crippen LogP contribution in [0.4, 0.5) is 5.69 Å². The molecule has 0 aliphatic carbocycles. The SMILES string of the molecule is CCC(CC)C(=O)Nc1ccc(CC(=O)NCC(=O)O)cc1. The highest BCUT2D eigenvalue weighted by molar-refractivity contribution is 5.92. The van der Waals surface area contributed by atoms with Crippen molar-refractivity contribution in [1.29, 1.82) is 0 Å². The second kappa shape index (κ2) is 8.81. The molecule has 0 spiro atoms. The molecule has 0 atom stereocenters. The van der Waals surface area contributed by atoms with Crippen LogP contribution in [0.3, 0.4) is 0 Å². The number of nitrogens with one attached hydrogen (secondary N) is 2. The minimum atomic E-state index is -1.08. The highest BCUT2D eigenvalue weighted by Crippen LogP contribution is 2.14. The van der Waals surface area contributed by atoms with Gasteiger partial charge in [0, 0.05) is 11.6 Å². The summed E-state index contributed by atoms with van der Waals surface area (Å²) in [6, 6.07) is 6.95. The van der Waals surface area contributed by atoms with Crippen LogP contribution in [0.15, 0.2) is 24.3 Å². The van der Waals surface area contributed by atoms with Crippen molar-refractivity contribution in [2.45, 2.75) is 33.1 Å². The van der Waals surface area contributed by atoms with Gasteiger partial charge in [0.25, 0.3) is 0 Å². The zero-order valence-corrected chi connectivity index (χ0v) is 12.9. The molecule has 6 nitrogen and oxygen atoms in total. The lowest BCUT2D eigenvalue weighted by molar-refractivity contribution is -0.137. The lowest BCUT2D eigenvalue weighted by atomic mass is 10.0. The molecule has 22 heavy (non-hydrogen) atoms. The zero-order valence-electron chi connectivity index (χ0n) is 12.9. The van der Waals surface area contributed by atoms with Crippen molar-refractivity contribution in [2.24, 2.45) is 5.92 Å². The number of hydrogen-bond acceptors (Lipinski definition) is 3. The van der Waals surface area contributed by atoms with Gasteiger partial charge in [-0.25, -0.2) is 0 Å². The number of benzene rings is 1. The molecule has 0 saturated heterocycles. The van der Waals surface area contributed by atoms with Crippen molar-refractivity contribution in [1.82, 2.24) is 5.32 Å². The van der Waals surface area contributed by atoms with Crippen molar-refractivity contribution in [2.75, 3.05) is 11.9 Å². The first-order chi connectivity index (χ1) is 10.5. The molecule has 1 aromatic carbocycles. The molecule has 0 heterocycles. The van der Waals surface area contributed by atoms with E-state index >= 15 is 0 Å². The average molecular weight is 306 g/mol. The van der Waals surface area contributed by atoms with Crippen LogP contribution in [0.25, 0.3) is 0 Å². The largest absolute Gasteiger partial charge is 0.480 e. The predicted octanol–water partition coefficient (Wildman–Crippen LogP) is 1.80. The Kier molecular flexibility index (Phi) is 7.08. The van der Waals surface area contributed by atoms with Crippen LogP contribution in [0.2, 0.25) is 0 Å². The van der Waals surface area contributed by atoms with Crippen LogP contribution in [0.1, 0.15) is 32.3 Å². The minimum absolute atomic E-state index is 0.00136. The molecule has 0 unspecified atom stereocenters. The van der Waals surface area contributed by atoms with Gasteiger partial charge in [0.1, 0.15) is 6.54 Å². The monoisotopic (exact) mass is 306 g/mol. The number of hydrogen-bond donors (Lipinski definition) is 3. The van der Waals surface area contributed by atoms with Gasteiger partial charge in [-0.1, -0.05) is 26.0 Å². The molecular weight excluding hydrogens is 284 g/mol. The van der Waals surface area contributed by atoms with E-state index < -0.39 is 5.97 Å². The van der Waals surface area contributed by atoms with Crippen LogP contribution in [-0.2, 0) is 20.8 Å². The summed E-state index contributed by atoms with van der Waals surface area (Å²) in [6.07, 6.45) is 1.70. The fraction of sp³-hybridized carbons (Fsp3) is 0.438. The third-order valence-electron chi connectivity index (χ3n) is 3.38. The Morgan fingerprint density at radius 3 is 2.18 bits per heavy atom. The molecule has 120 valence electrons. The molecule has 1 aromatic rings. The minimum Gasteiger partial charge on any atom is -0.480 e. The third-order valence-corrected chi connectivity index (χ3v) is 3.38. The first-order valence-corrected chi connectivity index (χ1v) is 7.34. The van der Waals surface area contributed by atoms with E-state index in [0.29, 0.717) is 5.69 Å². The maximum absolute atomic E-state index is 12.0. The van der Waals surface area contributed by atoms with E-state index in [9.17, 15) is 14.4 Å². The lowest BCUT2D eigenvalue weighted by Crippen LogP contribution is -2.30. The highest BCUT2D eigenvalue weighted by atomic mass is 16.4. The van der Waals surface area contributed by atoms with Crippen LogP contribution >= 0.6 is 0 Å². The standard InChI is InChI=1S/C16H22N2O4/c1-3-12(4-2)16(22)18-13-7-5-11(6-8-13)9-14(19)17-10-15(20)21/h5-8,12H,3-4,9-10H2,1-2H3,(H,17,19)(H,18,22)(H,20,21). The highest BCUT2D eigenvalue weighted by Gasteiger charge is 2.14. The van der Waals surface area contributed by atoms with Gasteiger partial charge in [0.05, 0.1) is 6.42 Å². The summed E-state index contributed by atoms with van der Waals surface area (Å²) in [5, 5.41) is 13.6. The normalized spacial score (nSPS) is 10.3. The molecule has 1 rings (SSSR count). The quantitative estimate of drug-likeness (QED) is 0.682. The van der Waals surface area contributed by atoms with E-state index in [2.05, 4.69) is 10.6 Å². The molecule has 0 fully saturated rings.